The molecule has 2 aliphatic heterocycles. The summed E-state index contributed by atoms with van der Waals surface area (Å²) < 4.78 is 0. The van der Waals surface area contributed by atoms with Crippen molar-refractivity contribution in [3.63, 3.8) is 0 Å². The average molecular weight is 323 g/mol. The maximum Gasteiger partial charge on any atom is 0.232 e. The molecule has 0 N–H and O–H groups in total. The van der Waals surface area contributed by atoms with Crippen LogP contribution in [-0.4, -0.2) is 51.4 Å². The van der Waals surface area contributed by atoms with E-state index in [2.05, 4.69) is 28.7 Å². The van der Waals surface area contributed by atoms with Crippen LogP contribution in [0.4, 0.5) is 0 Å². The Morgan fingerprint density at radius 3 is 2.82 bits per heavy atom. The first-order valence-corrected chi connectivity index (χ1v) is 8.42. The molecule has 1 spiro atoms. The van der Waals surface area contributed by atoms with Crippen LogP contribution >= 0.6 is 11.6 Å². The zero-order chi connectivity index (χ0) is 15.7. The highest BCUT2D eigenvalue weighted by molar-refractivity contribution is 6.29. The van der Waals surface area contributed by atoms with Gasteiger partial charge in [-0.25, -0.2) is 4.98 Å². The fourth-order valence-electron chi connectivity index (χ4n) is 3.57. The van der Waals surface area contributed by atoms with Crippen LogP contribution in [0.5, 0.6) is 0 Å². The predicted octanol–water partition coefficient (Wildman–Crippen LogP) is 2.35. The standard InChI is InChI=1S/C16H23ClN4O/c1-3-12(2)21-11-16(15(21)22)5-4-6-20(10-16)9-13-7-19-14(17)8-18-13/h7-8,12H,3-6,9-11H2,1-2H3/t12-,16+/m1/s1. The minimum atomic E-state index is -0.151. The van der Waals surface area contributed by atoms with Crippen LogP contribution in [0.15, 0.2) is 12.4 Å². The highest BCUT2D eigenvalue weighted by atomic mass is 35.5. The lowest BCUT2D eigenvalue weighted by molar-refractivity contribution is -0.170. The molecule has 0 aromatic carbocycles. The Morgan fingerprint density at radius 2 is 2.18 bits per heavy atom. The van der Waals surface area contributed by atoms with Crippen molar-refractivity contribution in [3.8, 4) is 0 Å². The summed E-state index contributed by atoms with van der Waals surface area (Å²) >= 11 is 5.77. The lowest BCUT2D eigenvalue weighted by Crippen LogP contribution is -2.68. The van der Waals surface area contributed by atoms with Crippen molar-refractivity contribution >= 4 is 17.5 Å². The molecule has 3 heterocycles. The number of carbonyl (C=O) groups excluding carboxylic acids is 1. The minimum Gasteiger partial charge on any atom is -0.338 e. The first-order valence-electron chi connectivity index (χ1n) is 8.04. The zero-order valence-corrected chi connectivity index (χ0v) is 14.0. The van der Waals surface area contributed by atoms with Crippen molar-refractivity contribution in [2.75, 3.05) is 19.6 Å². The molecular weight excluding hydrogens is 300 g/mol. The van der Waals surface area contributed by atoms with Crippen LogP contribution in [0.25, 0.3) is 0 Å². The van der Waals surface area contributed by atoms with Crippen molar-refractivity contribution in [2.45, 2.75) is 45.7 Å². The average Bonchev–Trinajstić information content (AvgIpc) is 2.54. The van der Waals surface area contributed by atoms with Gasteiger partial charge >= 0.3 is 0 Å². The summed E-state index contributed by atoms with van der Waals surface area (Å²) in [7, 11) is 0. The highest BCUT2D eigenvalue weighted by Crippen LogP contribution is 2.41. The van der Waals surface area contributed by atoms with Gasteiger partial charge in [-0.3, -0.25) is 14.7 Å². The van der Waals surface area contributed by atoms with E-state index in [0.29, 0.717) is 17.1 Å². The second kappa shape index (κ2) is 6.13. The number of aromatic nitrogens is 2. The number of carbonyl (C=O) groups is 1. The van der Waals surface area contributed by atoms with Crippen LogP contribution in [-0.2, 0) is 11.3 Å². The number of rotatable bonds is 4. The lowest BCUT2D eigenvalue weighted by atomic mass is 9.71. The van der Waals surface area contributed by atoms with Crippen molar-refractivity contribution in [1.29, 1.82) is 0 Å². The molecule has 1 aromatic rings. The predicted molar refractivity (Wildman–Crippen MR) is 85.5 cm³/mol. The van der Waals surface area contributed by atoms with Crippen LogP contribution in [0.2, 0.25) is 5.15 Å². The maximum atomic E-state index is 12.6. The molecule has 3 rings (SSSR count). The third kappa shape index (κ3) is 2.84. The molecule has 5 nitrogen and oxygen atoms in total. The van der Waals surface area contributed by atoms with Gasteiger partial charge in [-0.1, -0.05) is 18.5 Å². The number of hydrogen-bond acceptors (Lipinski definition) is 4. The van der Waals surface area contributed by atoms with E-state index in [4.69, 9.17) is 11.6 Å². The summed E-state index contributed by atoms with van der Waals surface area (Å²) in [6, 6.07) is 0.357. The molecule has 0 aliphatic carbocycles. The molecule has 0 bridgehead atoms. The van der Waals surface area contributed by atoms with Crippen molar-refractivity contribution in [1.82, 2.24) is 19.8 Å². The van der Waals surface area contributed by atoms with Crippen LogP contribution in [0, 0.1) is 5.41 Å². The Morgan fingerprint density at radius 1 is 1.36 bits per heavy atom. The van der Waals surface area contributed by atoms with Gasteiger partial charge in [0.25, 0.3) is 0 Å². The fraction of sp³-hybridized carbons (Fsp3) is 0.688. The molecule has 0 radical (unpaired) electrons. The molecule has 2 fully saturated rings. The van der Waals surface area contributed by atoms with E-state index in [9.17, 15) is 4.79 Å². The van der Waals surface area contributed by atoms with E-state index in [0.717, 1.165) is 51.1 Å². The van der Waals surface area contributed by atoms with E-state index in [1.165, 1.54) is 0 Å². The van der Waals surface area contributed by atoms with Crippen LogP contribution in [0.1, 0.15) is 38.8 Å². The number of likely N-dealkylation sites (tertiary alicyclic amines) is 2. The molecule has 120 valence electrons. The Hall–Kier alpha value is -1.20. The molecular formula is C16H23ClN4O. The molecule has 2 atom stereocenters. The third-order valence-electron chi connectivity index (χ3n) is 5.03. The molecule has 6 heteroatoms. The monoisotopic (exact) mass is 322 g/mol. The fourth-order valence-corrected chi connectivity index (χ4v) is 3.67. The van der Waals surface area contributed by atoms with Crippen molar-refractivity contribution in [3.05, 3.63) is 23.2 Å². The molecule has 2 saturated heterocycles. The molecule has 1 amide bonds. The maximum absolute atomic E-state index is 12.6. The summed E-state index contributed by atoms with van der Waals surface area (Å²) in [6.45, 7) is 7.77. The van der Waals surface area contributed by atoms with Gasteiger partial charge in [0.2, 0.25) is 5.91 Å². The second-order valence-electron chi connectivity index (χ2n) is 6.62. The first-order chi connectivity index (χ1) is 10.5. The Balaban J connectivity index is 1.63. The highest BCUT2D eigenvalue weighted by Gasteiger charge is 2.54. The number of hydrogen-bond donors (Lipinski definition) is 0. The van der Waals surface area contributed by atoms with Crippen LogP contribution < -0.4 is 0 Å². The van der Waals surface area contributed by atoms with E-state index < -0.39 is 0 Å². The largest absolute Gasteiger partial charge is 0.338 e. The Bertz CT molecular complexity index is 550. The summed E-state index contributed by atoms with van der Waals surface area (Å²) in [4.78, 5) is 25.4. The van der Waals surface area contributed by atoms with Crippen LogP contribution in [0.3, 0.4) is 0 Å². The Labute approximate surface area is 136 Å². The normalized spacial score (nSPS) is 27.0. The number of piperidine rings is 1. The minimum absolute atomic E-state index is 0.151. The van der Waals surface area contributed by atoms with Gasteiger partial charge in [-0.05, 0) is 32.7 Å². The van der Waals surface area contributed by atoms with Gasteiger partial charge in [0.05, 0.1) is 23.5 Å². The van der Waals surface area contributed by atoms with Gasteiger partial charge in [0.15, 0.2) is 0 Å². The molecule has 22 heavy (non-hydrogen) atoms. The number of nitrogens with zero attached hydrogens (tertiary/aromatic N) is 4. The summed E-state index contributed by atoms with van der Waals surface area (Å²) in [6.07, 6.45) is 6.40. The zero-order valence-electron chi connectivity index (χ0n) is 13.3. The van der Waals surface area contributed by atoms with Crippen molar-refractivity contribution < 1.29 is 4.79 Å². The quantitative estimate of drug-likeness (QED) is 0.798. The molecule has 0 saturated carbocycles. The second-order valence-corrected chi connectivity index (χ2v) is 7.00. The molecule has 2 aliphatic rings. The molecule has 0 unspecified atom stereocenters. The summed E-state index contributed by atoms with van der Waals surface area (Å²) in [5, 5.41) is 0.414. The van der Waals surface area contributed by atoms with Crippen molar-refractivity contribution in [2.24, 2.45) is 5.41 Å². The number of β-lactam (4-membered cyclic amide) rings is 1. The van der Waals surface area contributed by atoms with Gasteiger partial charge in [-0.15, -0.1) is 0 Å². The first kappa shape index (κ1) is 15.7. The van der Waals surface area contributed by atoms with Gasteiger partial charge < -0.3 is 4.90 Å². The number of amides is 1. The summed E-state index contributed by atoms with van der Waals surface area (Å²) in [5.41, 5.74) is 0.758. The van der Waals surface area contributed by atoms with Gasteiger partial charge in [0, 0.05) is 25.7 Å². The topological polar surface area (TPSA) is 49.3 Å². The van der Waals surface area contributed by atoms with E-state index in [1.54, 1.807) is 12.4 Å². The lowest BCUT2D eigenvalue weighted by Gasteiger charge is -2.55. The van der Waals surface area contributed by atoms with Gasteiger partial charge in [0.1, 0.15) is 5.15 Å². The smallest absolute Gasteiger partial charge is 0.232 e. The Kier molecular flexibility index (Phi) is 4.37. The third-order valence-corrected chi connectivity index (χ3v) is 5.22. The van der Waals surface area contributed by atoms with Gasteiger partial charge in [-0.2, -0.15) is 0 Å². The van der Waals surface area contributed by atoms with E-state index in [-0.39, 0.29) is 5.41 Å². The van der Waals surface area contributed by atoms with E-state index >= 15 is 0 Å². The summed E-state index contributed by atoms with van der Waals surface area (Å²) in [5.74, 6) is 0.341. The van der Waals surface area contributed by atoms with E-state index in [1.807, 2.05) is 4.90 Å². The number of halogens is 1. The molecule has 1 aromatic heterocycles. The SMILES string of the molecule is CC[C@@H](C)N1C[C@@]2(CCCN(Cc3cnc(Cl)cn3)C2)C1=O.